The van der Waals surface area contributed by atoms with Crippen molar-refractivity contribution in [3.63, 3.8) is 0 Å². The fourth-order valence-corrected chi connectivity index (χ4v) is 3.04. The Bertz CT molecular complexity index is 314. The third kappa shape index (κ3) is 8.17. The van der Waals surface area contributed by atoms with Gasteiger partial charge in [-0.15, -0.1) is 0 Å². The van der Waals surface area contributed by atoms with Crippen LogP contribution in [0.5, 0.6) is 0 Å². The number of nitrogens with one attached hydrogen (secondary N) is 1. The van der Waals surface area contributed by atoms with E-state index in [-0.39, 0.29) is 11.5 Å². The van der Waals surface area contributed by atoms with Gasteiger partial charge in [-0.05, 0) is 0 Å². The quantitative estimate of drug-likeness (QED) is 0.248. The largest absolute Gasteiger partial charge is 0.480 e. The Hall–Kier alpha value is -0.970. The molecule has 104 valence electrons. The molecular weight excluding hydrogens is 284 g/mol. The first-order valence-corrected chi connectivity index (χ1v) is 7.24. The van der Waals surface area contributed by atoms with E-state index in [0.29, 0.717) is 0 Å². The summed E-state index contributed by atoms with van der Waals surface area (Å²) in [6, 6.07) is -2.00. The Morgan fingerprint density at radius 3 is 2.06 bits per heavy atom. The van der Waals surface area contributed by atoms with Gasteiger partial charge in [0.2, 0.25) is 0 Å². The van der Waals surface area contributed by atoms with Crippen molar-refractivity contribution in [2.75, 3.05) is 18.1 Å². The Morgan fingerprint density at radius 2 is 1.61 bits per heavy atom. The van der Waals surface area contributed by atoms with Crippen LogP contribution in [0.4, 0.5) is 0 Å². The smallest absolute Gasteiger partial charge is 0.321 e. The van der Waals surface area contributed by atoms with Crippen molar-refractivity contribution in [3.05, 3.63) is 0 Å². The molecule has 0 aliphatic rings. The predicted molar refractivity (Wildman–Crippen MR) is 67.6 cm³/mol. The van der Waals surface area contributed by atoms with Crippen molar-refractivity contribution in [3.8, 4) is 0 Å². The lowest BCUT2D eigenvalue weighted by atomic mass is 10.3. The molecule has 6 N–H and O–H groups in total. The first-order valence-electron chi connectivity index (χ1n) is 4.75. The van der Waals surface area contributed by atoms with Crippen LogP contribution in [0.3, 0.4) is 0 Å². The van der Waals surface area contributed by atoms with Gasteiger partial charge < -0.3 is 21.1 Å². The highest BCUT2D eigenvalue weighted by atomic mass is 33.1. The summed E-state index contributed by atoms with van der Waals surface area (Å²) < 4.78 is 0. The third-order valence-electron chi connectivity index (χ3n) is 1.68. The summed E-state index contributed by atoms with van der Waals surface area (Å²) in [5.74, 6) is -3.18. The highest BCUT2D eigenvalue weighted by Gasteiger charge is 2.18. The lowest BCUT2D eigenvalue weighted by molar-refractivity contribution is -0.140. The van der Waals surface area contributed by atoms with E-state index in [4.69, 9.17) is 21.1 Å². The third-order valence-corrected chi connectivity index (χ3v) is 4.13. The lowest BCUT2D eigenvalue weighted by Gasteiger charge is -2.12. The Balaban J connectivity index is 3.87. The minimum atomic E-state index is -1.16. The van der Waals surface area contributed by atoms with Crippen molar-refractivity contribution in [1.29, 1.82) is 0 Å². The van der Waals surface area contributed by atoms with Crippen LogP contribution in [-0.2, 0) is 14.4 Å². The van der Waals surface area contributed by atoms with Gasteiger partial charge in [-0.25, -0.2) is 0 Å². The maximum atomic E-state index is 10.8. The average molecular weight is 298 g/mol. The summed E-state index contributed by atoms with van der Waals surface area (Å²) in [5, 5.41) is 28.0. The molecule has 0 fully saturated rings. The maximum Gasteiger partial charge on any atom is 0.321 e. The zero-order valence-corrected chi connectivity index (χ0v) is 10.9. The highest BCUT2D eigenvalue weighted by molar-refractivity contribution is 8.76. The lowest BCUT2D eigenvalue weighted by Crippen LogP contribution is -2.41. The molecule has 0 aromatic rings. The van der Waals surface area contributed by atoms with E-state index in [1.165, 1.54) is 0 Å². The van der Waals surface area contributed by atoms with E-state index in [1.807, 2.05) is 0 Å². The predicted octanol–water partition coefficient (Wildman–Crippen LogP) is -1.09. The monoisotopic (exact) mass is 298 g/mol. The molecule has 0 saturated heterocycles. The second-order valence-corrected chi connectivity index (χ2v) is 5.73. The van der Waals surface area contributed by atoms with Crippen molar-refractivity contribution < 1.29 is 29.7 Å². The first-order chi connectivity index (χ1) is 8.34. The molecule has 0 radical (unpaired) electrons. The number of aliphatic carboxylic acids is 3. The van der Waals surface area contributed by atoms with E-state index in [9.17, 15) is 14.4 Å². The summed E-state index contributed by atoms with van der Waals surface area (Å²) in [4.78, 5) is 31.4. The van der Waals surface area contributed by atoms with Gasteiger partial charge in [-0.3, -0.25) is 19.7 Å². The van der Waals surface area contributed by atoms with Crippen molar-refractivity contribution in [2.45, 2.75) is 12.1 Å². The number of carbonyl (C=O) groups is 3. The maximum absolute atomic E-state index is 10.8. The first kappa shape index (κ1) is 17.0. The number of hydrogen-bond donors (Lipinski definition) is 5. The molecule has 0 aromatic carbocycles. The van der Waals surface area contributed by atoms with Crippen LogP contribution >= 0.6 is 21.6 Å². The number of rotatable bonds is 10. The summed E-state index contributed by atoms with van der Waals surface area (Å²) in [5.41, 5.74) is 5.25. The fraction of sp³-hybridized carbons (Fsp3) is 0.625. The molecule has 18 heavy (non-hydrogen) atoms. The number of nitrogens with two attached hydrogens (primary N) is 1. The van der Waals surface area contributed by atoms with Crippen molar-refractivity contribution in [2.24, 2.45) is 5.73 Å². The number of carboxylic acids is 3. The molecule has 2 atom stereocenters. The highest BCUT2D eigenvalue weighted by Crippen LogP contribution is 2.22. The van der Waals surface area contributed by atoms with Gasteiger partial charge in [0.1, 0.15) is 12.1 Å². The second kappa shape index (κ2) is 9.03. The van der Waals surface area contributed by atoms with Gasteiger partial charge in [0.15, 0.2) is 0 Å². The molecule has 0 aliphatic carbocycles. The van der Waals surface area contributed by atoms with E-state index in [1.54, 1.807) is 0 Å². The van der Waals surface area contributed by atoms with Crippen LogP contribution in [0.1, 0.15) is 0 Å². The van der Waals surface area contributed by atoms with Crippen LogP contribution in [0, 0.1) is 0 Å². The van der Waals surface area contributed by atoms with Crippen molar-refractivity contribution >= 4 is 39.5 Å². The normalized spacial score (nSPS) is 13.8. The van der Waals surface area contributed by atoms with Gasteiger partial charge in [0, 0.05) is 11.5 Å². The minimum absolute atomic E-state index is 0.111. The number of carboxylic acid groups (broad SMARTS) is 3. The molecule has 0 spiro atoms. The van der Waals surface area contributed by atoms with Crippen LogP contribution in [-0.4, -0.2) is 63.4 Å². The molecular formula is C8H14N2O6S2. The second-order valence-electron chi connectivity index (χ2n) is 3.18. The molecule has 0 aromatic heterocycles. The van der Waals surface area contributed by atoms with Gasteiger partial charge in [0.25, 0.3) is 0 Å². The van der Waals surface area contributed by atoms with Crippen LogP contribution < -0.4 is 11.1 Å². The van der Waals surface area contributed by atoms with Crippen LogP contribution in [0.25, 0.3) is 0 Å². The molecule has 10 heteroatoms. The minimum Gasteiger partial charge on any atom is -0.480 e. The van der Waals surface area contributed by atoms with Gasteiger partial charge in [0.05, 0.1) is 6.54 Å². The Labute approximate surface area is 111 Å². The SMILES string of the molecule is NC(CSSCC(NCC(=O)O)C(=O)O)C(=O)O. The standard InChI is InChI=1S/C8H14N2O6S2/c9-4(7(13)14)2-17-18-3-5(8(15)16)10-1-6(11)12/h4-5,10H,1-3,9H2,(H,11,12)(H,13,14)(H,15,16). The summed E-state index contributed by atoms with van der Waals surface area (Å²) in [7, 11) is 2.25. The van der Waals surface area contributed by atoms with Gasteiger partial charge in [-0.2, -0.15) is 0 Å². The zero-order chi connectivity index (χ0) is 14.1. The van der Waals surface area contributed by atoms with E-state index >= 15 is 0 Å². The Morgan fingerprint density at radius 1 is 1.06 bits per heavy atom. The molecule has 0 saturated carbocycles. The van der Waals surface area contributed by atoms with Gasteiger partial charge >= 0.3 is 17.9 Å². The Kier molecular flexibility index (Phi) is 8.54. The summed E-state index contributed by atoms with van der Waals surface area (Å²) in [6.07, 6.45) is 0. The molecule has 0 aliphatic heterocycles. The molecule has 2 unspecified atom stereocenters. The van der Waals surface area contributed by atoms with E-state index in [0.717, 1.165) is 21.6 Å². The molecule has 8 nitrogen and oxygen atoms in total. The topological polar surface area (TPSA) is 150 Å². The molecule has 0 rings (SSSR count). The molecule has 0 amide bonds. The fourth-order valence-electron chi connectivity index (χ4n) is 0.737. The number of hydrogen-bond acceptors (Lipinski definition) is 7. The van der Waals surface area contributed by atoms with Crippen LogP contribution in [0.2, 0.25) is 0 Å². The van der Waals surface area contributed by atoms with E-state index < -0.39 is 36.5 Å². The van der Waals surface area contributed by atoms with E-state index in [2.05, 4.69) is 5.32 Å². The average Bonchev–Trinajstić information content (AvgIpc) is 2.26. The van der Waals surface area contributed by atoms with Crippen molar-refractivity contribution in [1.82, 2.24) is 5.32 Å². The summed E-state index contributed by atoms with van der Waals surface area (Å²) in [6.45, 7) is -0.448. The van der Waals surface area contributed by atoms with Crippen LogP contribution in [0.15, 0.2) is 0 Å². The van der Waals surface area contributed by atoms with Gasteiger partial charge in [-0.1, -0.05) is 21.6 Å². The summed E-state index contributed by atoms with van der Waals surface area (Å²) >= 11 is 0. The molecule has 0 heterocycles. The molecule has 0 bridgehead atoms. The zero-order valence-electron chi connectivity index (χ0n) is 9.24.